The van der Waals surface area contributed by atoms with Gasteiger partial charge in [0.2, 0.25) is 5.89 Å². The molecular weight excluding hydrogens is 238 g/mol. The lowest BCUT2D eigenvalue weighted by Gasteiger charge is -2.23. The monoisotopic (exact) mass is 251 g/mol. The fourth-order valence-corrected chi connectivity index (χ4v) is 2.53. The third-order valence-electron chi connectivity index (χ3n) is 3.50. The average molecular weight is 251 g/mol. The van der Waals surface area contributed by atoms with Crippen LogP contribution in [0.3, 0.4) is 0 Å². The molecular formula is C16H13NO2. The van der Waals surface area contributed by atoms with Crippen LogP contribution in [0.4, 0.5) is 0 Å². The molecule has 0 N–H and O–H groups in total. The molecule has 3 heteroatoms. The maximum Gasteiger partial charge on any atom is 0.236 e. The van der Waals surface area contributed by atoms with E-state index in [4.69, 9.17) is 9.15 Å². The minimum absolute atomic E-state index is 0.0812. The summed E-state index contributed by atoms with van der Waals surface area (Å²) in [6.07, 6.45) is 1.82. The van der Waals surface area contributed by atoms with Crippen molar-refractivity contribution >= 4 is 11.1 Å². The first-order valence-corrected chi connectivity index (χ1v) is 6.50. The molecule has 0 bridgehead atoms. The molecule has 19 heavy (non-hydrogen) atoms. The van der Waals surface area contributed by atoms with Crippen molar-refractivity contribution in [3.8, 4) is 5.75 Å². The van der Waals surface area contributed by atoms with Gasteiger partial charge in [0.25, 0.3) is 0 Å². The van der Waals surface area contributed by atoms with Crippen LogP contribution in [0.2, 0.25) is 0 Å². The number of hydrogen-bond acceptors (Lipinski definition) is 3. The van der Waals surface area contributed by atoms with Crippen molar-refractivity contribution in [3.63, 3.8) is 0 Å². The van der Waals surface area contributed by atoms with E-state index in [1.807, 2.05) is 42.5 Å². The fraction of sp³-hybridized carbons (Fsp3) is 0.188. The molecule has 1 aromatic heterocycles. The fourth-order valence-electron chi connectivity index (χ4n) is 2.53. The molecule has 4 rings (SSSR count). The second-order valence-corrected chi connectivity index (χ2v) is 4.77. The number of para-hydroxylation sites is 3. The van der Waals surface area contributed by atoms with E-state index in [1.54, 1.807) is 0 Å². The maximum absolute atomic E-state index is 5.99. The minimum Gasteiger partial charge on any atom is -0.480 e. The highest BCUT2D eigenvalue weighted by Gasteiger charge is 2.25. The lowest BCUT2D eigenvalue weighted by atomic mass is 10.0. The van der Waals surface area contributed by atoms with Crippen molar-refractivity contribution in [2.45, 2.75) is 18.9 Å². The quantitative estimate of drug-likeness (QED) is 0.658. The molecule has 0 saturated carbocycles. The smallest absolute Gasteiger partial charge is 0.236 e. The van der Waals surface area contributed by atoms with Crippen LogP contribution in [0.15, 0.2) is 52.9 Å². The van der Waals surface area contributed by atoms with Gasteiger partial charge in [-0.05, 0) is 36.6 Å². The second kappa shape index (κ2) is 4.12. The number of fused-ring (bicyclic) bond motifs is 2. The molecule has 1 aliphatic rings. The van der Waals surface area contributed by atoms with E-state index < -0.39 is 0 Å². The molecule has 0 radical (unpaired) electrons. The second-order valence-electron chi connectivity index (χ2n) is 4.77. The molecule has 0 spiro atoms. The van der Waals surface area contributed by atoms with E-state index in [-0.39, 0.29) is 6.10 Å². The van der Waals surface area contributed by atoms with Gasteiger partial charge in [-0.25, -0.2) is 4.98 Å². The summed E-state index contributed by atoms with van der Waals surface area (Å²) >= 11 is 0. The molecule has 1 aliphatic heterocycles. The molecule has 0 aliphatic carbocycles. The summed E-state index contributed by atoms with van der Waals surface area (Å²) in [5, 5.41) is 0. The van der Waals surface area contributed by atoms with Crippen molar-refractivity contribution in [3.05, 3.63) is 60.0 Å². The normalized spacial score (nSPS) is 18.0. The van der Waals surface area contributed by atoms with Gasteiger partial charge in [0.1, 0.15) is 11.3 Å². The summed E-state index contributed by atoms with van der Waals surface area (Å²) in [6.45, 7) is 0. The summed E-state index contributed by atoms with van der Waals surface area (Å²) < 4.78 is 11.8. The third kappa shape index (κ3) is 1.78. The molecule has 2 aromatic carbocycles. The van der Waals surface area contributed by atoms with Crippen molar-refractivity contribution in [1.82, 2.24) is 4.98 Å². The number of ether oxygens (including phenoxy) is 1. The highest BCUT2D eigenvalue weighted by Crippen LogP contribution is 2.35. The molecule has 0 fully saturated rings. The van der Waals surface area contributed by atoms with Crippen LogP contribution in [0, 0.1) is 0 Å². The van der Waals surface area contributed by atoms with Crippen LogP contribution >= 0.6 is 0 Å². The maximum atomic E-state index is 5.99. The summed E-state index contributed by atoms with van der Waals surface area (Å²) in [4.78, 5) is 4.52. The van der Waals surface area contributed by atoms with E-state index >= 15 is 0 Å². The Morgan fingerprint density at radius 2 is 1.84 bits per heavy atom. The standard InChI is InChI=1S/C16H13NO2/c1-3-7-13-11(5-1)9-10-15(18-13)16-17-12-6-2-4-8-14(12)19-16/h1-8,15H,9-10H2. The number of nitrogens with zero attached hydrogens (tertiary/aromatic N) is 1. The van der Waals surface area contributed by atoms with Crippen LogP contribution in [0.1, 0.15) is 24.0 Å². The number of hydrogen-bond donors (Lipinski definition) is 0. The summed E-state index contributed by atoms with van der Waals surface area (Å²) in [5.41, 5.74) is 2.97. The highest BCUT2D eigenvalue weighted by atomic mass is 16.5. The highest BCUT2D eigenvalue weighted by molar-refractivity contribution is 5.72. The Labute approximate surface area is 110 Å². The summed E-state index contributed by atoms with van der Waals surface area (Å²) in [6, 6.07) is 16.0. The molecule has 3 aromatic rings. The van der Waals surface area contributed by atoms with Gasteiger partial charge in [-0.2, -0.15) is 0 Å². The Bertz CT molecular complexity index is 699. The number of oxazole rings is 1. The Morgan fingerprint density at radius 3 is 2.79 bits per heavy atom. The van der Waals surface area contributed by atoms with E-state index in [2.05, 4.69) is 11.1 Å². The van der Waals surface area contributed by atoms with Gasteiger partial charge in [0, 0.05) is 0 Å². The lowest BCUT2D eigenvalue weighted by Crippen LogP contribution is -2.15. The van der Waals surface area contributed by atoms with Crippen LogP contribution in [0.5, 0.6) is 5.75 Å². The van der Waals surface area contributed by atoms with E-state index in [1.165, 1.54) is 5.56 Å². The number of aryl methyl sites for hydroxylation is 1. The van der Waals surface area contributed by atoms with E-state index in [9.17, 15) is 0 Å². The van der Waals surface area contributed by atoms with Gasteiger partial charge in [-0.3, -0.25) is 0 Å². The first-order chi connectivity index (χ1) is 9.40. The predicted octanol–water partition coefficient (Wildman–Crippen LogP) is 3.89. The zero-order valence-electron chi connectivity index (χ0n) is 10.4. The predicted molar refractivity (Wildman–Crippen MR) is 72.1 cm³/mol. The topological polar surface area (TPSA) is 35.3 Å². The van der Waals surface area contributed by atoms with E-state index in [0.29, 0.717) is 5.89 Å². The zero-order chi connectivity index (χ0) is 12.7. The Morgan fingerprint density at radius 1 is 1.00 bits per heavy atom. The number of aromatic nitrogens is 1. The largest absolute Gasteiger partial charge is 0.480 e. The first-order valence-electron chi connectivity index (χ1n) is 6.50. The van der Waals surface area contributed by atoms with Gasteiger partial charge in [-0.1, -0.05) is 30.3 Å². The van der Waals surface area contributed by atoms with E-state index in [0.717, 1.165) is 29.7 Å². The Kier molecular flexibility index (Phi) is 2.30. The Hall–Kier alpha value is -2.29. The van der Waals surface area contributed by atoms with Gasteiger partial charge in [0.15, 0.2) is 11.7 Å². The van der Waals surface area contributed by atoms with Crippen LogP contribution in [-0.2, 0) is 6.42 Å². The van der Waals surface area contributed by atoms with Crippen molar-refractivity contribution in [1.29, 1.82) is 0 Å². The SMILES string of the molecule is c1ccc2c(c1)CCC(c1nc3ccccc3o1)O2. The molecule has 2 heterocycles. The molecule has 0 saturated heterocycles. The third-order valence-corrected chi connectivity index (χ3v) is 3.50. The zero-order valence-corrected chi connectivity index (χ0v) is 10.4. The Balaban J connectivity index is 1.70. The molecule has 1 atom stereocenters. The van der Waals surface area contributed by atoms with Gasteiger partial charge in [-0.15, -0.1) is 0 Å². The van der Waals surface area contributed by atoms with Crippen molar-refractivity contribution in [2.24, 2.45) is 0 Å². The molecule has 3 nitrogen and oxygen atoms in total. The molecule has 1 unspecified atom stereocenters. The summed E-state index contributed by atoms with van der Waals surface area (Å²) in [5.74, 6) is 1.62. The molecule has 0 amide bonds. The lowest BCUT2D eigenvalue weighted by molar-refractivity contribution is 0.146. The minimum atomic E-state index is -0.0812. The van der Waals surface area contributed by atoms with Crippen LogP contribution in [-0.4, -0.2) is 4.98 Å². The van der Waals surface area contributed by atoms with Gasteiger partial charge < -0.3 is 9.15 Å². The van der Waals surface area contributed by atoms with Crippen molar-refractivity contribution < 1.29 is 9.15 Å². The number of benzene rings is 2. The van der Waals surface area contributed by atoms with Gasteiger partial charge >= 0.3 is 0 Å². The molecule has 94 valence electrons. The number of rotatable bonds is 1. The van der Waals surface area contributed by atoms with Gasteiger partial charge in [0.05, 0.1) is 0 Å². The van der Waals surface area contributed by atoms with Crippen LogP contribution < -0.4 is 4.74 Å². The van der Waals surface area contributed by atoms with Crippen LogP contribution in [0.25, 0.3) is 11.1 Å². The average Bonchev–Trinajstić information content (AvgIpc) is 2.90. The first kappa shape index (κ1) is 10.6. The van der Waals surface area contributed by atoms with Crippen molar-refractivity contribution in [2.75, 3.05) is 0 Å². The summed E-state index contributed by atoms with van der Waals surface area (Å²) in [7, 11) is 0.